The molecule has 0 N–H and O–H groups in total. The summed E-state index contributed by atoms with van der Waals surface area (Å²) >= 11 is 2.44. The Morgan fingerprint density at radius 1 is 1.67 bits per heavy atom. The van der Waals surface area contributed by atoms with E-state index in [1.165, 1.54) is 15.6 Å². The van der Waals surface area contributed by atoms with Crippen molar-refractivity contribution in [2.45, 2.75) is 20.3 Å². The van der Waals surface area contributed by atoms with Gasteiger partial charge in [-0.1, -0.05) is 19.1 Å². The van der Waals surface area contributed by atoms with Gasteiger partial charge in [-0.3, -0.25) is 0 Å². The number of allylic oxidation sites excluding steroid dienone is 4. The third-order valence-electron chi connectivity index (χ3n) is 1.67. The van der Waals surface area contributed by atoms with Gasteiger partial charge >= 0.3 is 0 Å². The third kappa shape index (κ3) is 1.57. The van der Waals surface area contributed by atoms with Crippen molar-refractivity contribution >= 4 is 22.6 Å². The highest BCUT2D eigenvalue weighted by Crippen LogP contribution is 2.29. The number of hydrogen-bond acceptors (Lipinski definition) is 0. The molecule has 0 radical (unpaired) electrons. The zero-order valence-electron chi connectivity index (χ0n) is 5.82. The lowest BCUT2D eigenvalue weighted by Crippen LogP contribution is -1.97. The molecule has 0 fully saturated rings. The number of hydrogen-bond donors (Lipinski definition) is 0. The highest BCUT2D eigenvalue weighted by Gasteiger charge is 2.08. The van der Waals surface area contributed by atoms with E-state index in [-0.39, 0.29) is 0 Å². The van der Waals surface area contributed by atoms with Crippen LogP contribution in [-0.2, 0) is 0 Å². The van der Waals surface area contributed by atoms with Crippen LogP contribution in [-0.4, -0.2) is 0 Å². The first-order valence-electron chi connectivity index (χ1n) is 3.24. The second kappa shape index (κ2) is 2.86. The predicted molar refractivity (Wildman–Crippen MR) is 49.6 cm³/mol. The van der Waals surface area contributed by atoms with Gasteiger partial charge in [0.1, 0.15) is 0 Å². The second-order valence-electron chi connectivity index (χ2n) is 2.57. The standard InChI is InChI=1S/C8H11I/c1-6-4-3-5-7(2)8(6)9/h3-4,7H,5H2,1-2H3. The Morgan fingerprint density at radius 2 is 2.33 bits per heavy atom. The molecule has 0 aliphatic heterocycles. The topological polar surface area (TPSA) is 0 Å². The fraction of sp³-hybridized carbons (Fsp3) is 0.500. The zero-order chi connectivity index (χ0) is 6.85. The summed E-state index contributed by atoms with van der Waals surface area (Å²) in [6.45, 7) is 4.45. The molecule has 1 aliphatic rings. The van der Waals surface area contributed by atoms with Crippen LogP contribution >= 0.6 is 22.6 Å². The highest BCUT2D eigenvalue weighted by atomic mass is 127. The Balaban J connectivity index is 2.83. The summed E-state index contributed by atoms with van der Waals surface area (Å²) in [5.41, 5.74) is 1.44. The molecule has 0 saturated carbocycles. The number of halogens is 1. The maximum atomic E-state index is 2.44. The van der Waals surface area contributed by atoms with Gasteiger partial charge in [-0.2, -0.15) is 0 Å². The van der Waals surface area contributed by atoms with Gasteiger partial charge in [0.25, 0.3) is 0 Å². The largest absolute Gasteiger partial charge is 0.0836 e. The van der Waals surface area contributed by atoms with E-state index in [0.717, 1.165) is 5.92 Å². The quantitative estimate of drug-likeness (QED) is 0.564. The molecule has 0 amide bonds. The summed E-state index contributed by atoms with van der Waals surface area (Å²) < 4.78 is 1.52. The molecular weight excluding hydrogens is 223 g/mol. The monoisotopic (exact) mass is 234 g/mol. The van der Waals surface area contributed by atoms with Crippen molar-refractivity contribution in [2.75, 3.05) is 0 Å². The Kier molecular flexibility index (Phi) is 2.33. The maximum Gasteiger partial charge on any atom is -0.00337 e. The second-order valence-corrected chi connectivity index (χ2v) is 3.73. The van der Waals surface area contributed by atoms with E-state index in [1.807, 2.05) is 0 Å². The van der Waals surface area contributed by atoms with Gasteiger partial charge in [0.15, 0.2) is 0 Å². The first-order valence-corrected chi connectivity index (χ1v) is 4.32. The van der Waals surface area contributed by atoms with Crippen LogP contribution in [0.5, 0.6) is 0 Å². The van der Waals surface area contributed by atoms with Crippen molar-refractivity contribution in [1.82, 2.24) is 0 Å². The minimum Gasteiger partial charge on any atom is -0.0836 e. The van der Waals surface area contributed by atoms with Crippen molar-refractivity contribution in [1.29, 1.82) is 0 Å². The summed E-state index contributed by atoms with van der Waals surface area (Å²) in [6, 6.07) is 0. The molecule has 1 aliphatic carbocycles. The van der Waals surface area contributed by atoms with Crippen molar-refractivity contribution in [2.24, 2.45) is 5.92 Å². The predicted octanol–water partition coefficient (Wildman–Crippen LogP) is 3.29. The SMILES string of the molecule is CC1=C(I)C(C)CC=C1. The lowest BCUT2D eigenvalue weighted by atomic mass is 9.99. The summed E-state index contributed by atoms with van der Waals surface area (Å²) in [7, 11) is 0. The zero-order valence-corrected chi connectivity index (χ0v) is 7.97. The van der Waals surface area contributed by atoms with Crippen LogP contribution in [0.15, 0.2) is 21.3 Å². The van der Waals surface area contributed by atoms with Gasteiger partial charge in [0.2, 0.25) is 0 Å². The van der Waals surface area contributed by atoms with Gasteiger partial charge in [-0.05, 0) is 51.0 Å². The van der Waals surface area contributed by atoms with E-state index < -0.39 is 0 Å². The van der Waals surface area contributed by atoms with E-state index in [1.54, 1.807) is 0 Å². The molecule has 0 spiro atoms. The van der Waals surface area contributed by atoms with E-state index >= 15 is 0 Å². The van der Waals surface area contributed by atoms with Gasteiger partial charge in [-0.15, -0.1) is 0 Å². The molecular formula is C8H11I. The molecule has 1 unspecified atom stereocenters. The van der Waals surface area contributed by atoms with E-state index in [0.29, 0.717) is 0 Å². The lowest BCUT2D eigenvalue weighted by molar-refractivity contribution is 0.723. The van der Waals surface area contributed by atoms with Gasteiger partial charge < -0.3 is 0 Å². The smallest absolute Gasteiger partial charge is 0.00337 e. The third-order valence-corrected chi connectivity index (χ3v) is 3.58. The molecule has 0 saturated heterocycles. The first-order chi connectivity index (χ1) is 4.22. The minimum atomic E-state index is 0.760. The maximum absolute atomic E-state index is 2.44. The highest BCUT2D eigenvalue weighted by molar-refractivity contribution is 14.1. The van der Waals surface area contributed by atoms with Crippen molar-refractivity contribution in [3.05, 3.63) is 21.3 Å². The Hall–Kier alpha value is 0.210. The van der Waals surface area contributed by atoms with Gasteiger partial charge in [0, 0.05) is 0 Å². The molecule has 1 rings (SSSR count). The average Bonchev–Trinajstić information content (AvgIpc) is 1.83. The summed E-state index contributed by atoms with van der Waals surface area (Å²) in [4.78, 5) is 0. The lowest BCUT2D eigenvalue weighted by Gasteiger charge is -2.14. The van der Waals surface area contributed by atoms with Crippen LogP contribution in [0.3, 0.4) is 0 Å². The van der Waals surface area contributed by atoms with Crippen LogP contribution in [0.2, 0.25) is 0 Å². The van der Waals surface area contributed by atoms with E-state index in [4.69, 9.17) is 0 Å². The Bertz CT molecular complexity index is 165. The van der Waals surface area contributed by atoms with Gasteiger partial charge in [-0.25, -0.2) is 0 Å². The molecule has 0 aromatic carbocycles. The molecule has 50 valence electrons. The minimum absolute atomic E-state index is 0.760. The van der Waals surface area contributed by atoms with Crippen LogP contribution in [0, 0.1) is 5.92 Å². The fourth-order valence-electron chi connectivity index (χ4n) is 1.02. The van der Waals surface area contributed by atoms with Crippen molar-refractivity contribution in [3.8, 4) is 0 Å². The van der Waals surface area contributed by atoms with Crippen molar-refractivity contribution < 1.29 is 0 Å². The Morgan fingerprint density at radius 3 is 2.78 bits per heavy atom. The molecule has 0 bridgehead atoms. The van der Waals surface area contributed by atoms with Gasteiger partial charge in [0.05, 0.1) is 0 Å². The van der Waals surface area contributed by atoms with Crippen LogP contribution in [0.4, 0.5) is 0 Å². The first kappa shape index (κ1) is 7.32. The van der Waals surface area contributed by atoms with Crippen molar-refractivity contribution in [3.63, 3.8) is 0 Å². The molecule has 0 aromatic rings. The average molecular weight is 234 g/mol. The molecule has 0 heterocycles. The van der Waals surface area contributed by atoms with Crippen LogP contribution in [0.25, 0.3) is 0 Å². The molecule has 9 heavy (non-hydrogen) atoms. The van der Waals surface area contributed by atoms with Crippen LogP contribution < -0.4 is 0 Å². The van der Waals surface area contributed by atoms with E-state index in [9.17, 15) is 0 Å². The molecule has 0 aromatic heterocycles. The molecule has 1 heteroatoms. The fourth-order valence-corrected chi connectivity index (χ4v) is 1.45. The van der Waals surface area contributed by atoms with Crippen LogP contribution in [0.1, 0.15) is 20.3 Å². The summed E-state index contributed by atoms with van der Waals surface area (Å²) in [6.07, 6.45) is 5.68. The molecule has 0 nitrogen and oxygen atoms in total. The van der Waals surface area contributed by atoms with E-state index in [2.05, 4.69) is 48.6 Å². The summed E-state index contributed by atoms with van der Waals surface area (Å²) in [5.74, 6) is 0.760. The summed E-state index contributed by atoms with van der Waals surface area (Å²) in [5, 5.41) is 0. The normalized spacial score (nSPS) is 27.2. The molecule has 1 atom stereocenters. The number of rotatable bonds is 0. The Labute approximate surface area is 70.2 Å².